The second-order valence-corrected chi connectivity index (χ2v) is 9.40. The van der Waals surface area contributed by atoms with Crippen molar-refractivity contribution in [1.29, 1.82) is 0 Å². The number of nitrogens with zero attached hydrogens (tertiary/aromatic N) is 1. The van der Waals surface area contributed by atoms with E-state index in [0.29, 0.717) is 11.5 Å². The number of thiazole rings is 1. The van der Waals surface area contributed by atoms with Gasteiger partial charge in [-0.05, 0) is 25.0 Å². The Kier molecular flexibility index (Phi) is 6.29. The Labute approximate surface area is 164 Å². The molecule has 1 aromatic carbocycles. The predicted molar refractivity (Wildman–Crippen MR) is 106 cm³/mol. The summed E-state index contributed by atoms with van der Waals surface area (Å²) in [4.78, 5) is 17.3. The van der Waals surface area contributed by atoms with Crippen LogP contribution in [0.3, 0.4) is 0 Å². The zero-order valence-corrected chi connectivity index (χ0v) is 17.2. The van der Waals surface area contributed by atoms with E-state index in [4.69, 9.17) is 4.74 Å². The van der Waals surface area contributed by atoms with Crippen LogP contribution in [-0.4, -0.2) is 33.0 Å². The van der Waals surface area contributed by atoms with Gasteiger partial charge in [0.15, 0.2) is 0 Å². The zero-order chi connectivity index (χ0) is 19.4. The molecule has 0 saturated heterocycles. The first-order chi connectivity index (χ1) is 13.0. The maximum Gasteiger partial charge on any atom is 0.337 e. The normalized spacial score (nSPS) is 15.6. The first kappa shape index (κ1) is 20.0. The van der Waals surface area contributed by atoms with Gasteiger partial charge in [-0.3, -0.25) is 0 Å². The van der Waals surface area contributed by atoms with Crippen molar-refractivity contribution in [3.8, 4) is 10.4 Å². The van der Waals surface area contributed by atoms with E-state index in [2.05, 4.69) is 9.71 Å². The summed E-state index contributed by atoms with van der Waals surface area (Å²) in [6.45, 7) is 1.98. The minimum Gasteiger partial charge on any atom is -0.465 e. The van der Waals surface area contributed by atoms with Gasteiger partial charge in [-0.15, -0.1) is 11.3 Å². The fourth-order valence-electron chi connectivity index (χ4n) is 3.41. The molecule has 8 heteroatoms. The molecule has 1 aliphatic rings. The van der Waals surface area contributed by atoms with Crippen LogP contribution >= 0.6 is 11.3 Å². The Hall–Kier alpha value is -1.77. The molecule has 6 nitrogen and oxygen atoms in total. The number of rotatable bonds is 6. The molecule has 2 aromatic rings. The Morgan fingerprint density at radius 2 is 2.04 bits per heavy atom. The monoisotopic (exact) mass is 408 g/mol. The third-order valence-electron chi connectivity index (χ3n) is 4.77. The highest BCUT2D eigenvalue weighted by Gasteiger charge is 2.24. The Morgan fingerprint density at radius 3 is 2.70 bits per heavy atom. The topological polar surface area (TPSA) is 85.4 Å². The number of ether oxygens (including phenoxy) is 1. The Balaban J connectivity index is 2.04. The second kappa shape index (κ2) is 8.50. The zero-order valence-electron chi connectivity index (χ0n) is 15.5. The smallest absolute Gasteiger partial charge is 0.337 e. The molecule has 1 heterocycles. The van der Waals surface area contributed by atoms with Crippen molar-refractivity contribution in [3.05, 3.63) is 35.0 Å². The van der Waals surface area contributed by atoms with Crippen molar-refractivity contribution in [2.45, 2.75) is 49.8 Å². The SMILES string of the molecule is CCNS(=O)(=O)c1cc(C(=O)OC)ccc1-c1cnc(C2CCCCC2)s1. The fourth-order valence-corrected chi connectivity index (χ4v) is 5.89. The van der Waals surface area contributed by atoms with Crippen molar-refractivity contribution in [1.82, 2.24) is 9.71 Å². The minimum atomic E-state index is -3.75. The lowest BCUT2D eigenvalue weighted by Gasteiger charge is -2.18. The number of hydrogen-bond donors (Lipinski definition) is 1. The van der Waals surface area contributed by atoms with Crippen LogP contribution in [0.15, 0.2) is 29.3 Å². The molecule has 27 heavy (non-hydrogen) atoms. The van der Waals surface area contributed by atoms with Crippen LogP contribution < -0.4 is 4.72 Å². The maximum atomic E-state index is 12.7. The lowest BCUT2D eigenvalue weighted by molar-refractivity contribution is 0.0600. The minimum absolute atomic E-state index is 0.0751. The number of methoxy groups -OCH3 is 1. The number of esters is 1. The number of benzene rings is 1. The van der Waals surface area contributed by atoms with Gasteiger partial charge < -0.3 is 4.74 Å². The predicted octanol–water partition coefficient (Wildman–Crippen LogP) is 3.94. The van der Waals surface area contributed by atoms with E-state index in [0.717, 1.165) is 22.7 Å². The first-order valence-corrected chi connectivity index (χ1v) is 11.4. The van der Waals surface area contributed by atoms with Crippen LogP contribution in [0.5, 0.6) is 0 Å². The van der Waals surface area contributed by atoms with Gasteiger partial charge in [-0.2, -0.15) is 0 Å². The molecule has 0 radical (unpaired) electrons. The molecular weight excluding hydrogens is 384 g/mol. The van der Waals surface area contributed by atoms with Gasteiger partial charge in [0.05, 0.1) is 27.5 Å². The summed E-state index contributed by atoms with van der Waals surface area (Å²) in [6.07, 6.45) is 7.72. The molecule has 3 rings (SSSR count). The van der Waals surface area contributed by atoms with Crippen molar-refractivity contribution in [3.63, 3.8) is 0 Å². The molecule has 0 amide bonds. The van der Waals surface area contributed by atoms with Crippen LogP contribution in [0.25, 0.3) is 10.4 Å². The average molecular weight is 409 g/mol. The van der Waals surface area contributed by atoms with E-state index in [1.165, 1.54) is 32.4 Å². The number of aromatic nitrogens is 1. The van der Waals surface area contributed by atoms with E-state index in [1.807, 2.05) is 0 Å². The molecule has 1 N–H and O–H groups in total. The molecule has 0 unspecified atom stereocenters. The standard InChI is InChI=1S/C19H24N2O4S2/c1-3-21-27(23,24)17-11-14(19(22)25-2)9-10-15(17)16-12-20-18(26-16)13-7-5-4-6-8-13/h9-13,21H,3-8H2,1-2H3. The van der Waals surface area contributed by atoms with Crippen LogP contribution in [0.1, 0.15) is 60.3 Å². The number of hydrogen-bond acceptors (Lipinski definition) is 6. The van der Waals surface area contributed by atoms with Gasteiger partial charge in [-0.1, -0.05) is 32.3 Å². The molecule has 1 saturated carbocycles. The van der Waals surface area contributed by atoms with Gasteiger partial charge in [0.2, 0.25) is 10.0 Å². The maximum absolute atomic E-state index is 12.7. The van der Waals surface area contributed by atoms with Crippen LogP contribution in [0.2, 0.25) is 0 Å². The van der Waals surface area contributed by atoms with E-state index >= 15 is 0 Å². The van der Waals surface area contributed by atoms with Gasteiger partial charge in [0.25, 0.3) is 0 Å². The Morgan fingerprint density at radius 1 is 1.30 bits per heavy atom. The van der Waals surface area contributed by atoms with Gasteiger partial charge in [0, 0.05) is 24.2 Å². The molecule has 1 aromatic heterocycles. The summed E-state index contributed by atoms with van der Waals surface area (Å²) in [7, 11) is -2.48. The second-order valence-electron chi connectivity index (χ2n) is 6.60. The van der Waals surface area contributed by atoms with Crippen molar-refractivity contribution < 1.29 is 17.9 Å². The first-order valence-electron chi connectivity index (χ1n) is 9.14. The van der Waals surface area contributed by atoms with Crippen LogP contribution in [-0.2, 0) is 14.8 Å². The molecule has 0 atom stereocenters. The van der Waals surface area contributed by atoms with Crippen molar-refractivity contribution in [2.24, 2.45) is 0 Å². The quantitative estimate of drug-likeness (QED) is 0.732. The van der Waals surface area contributed by atoms with Gasteiger partial charge in [0.1, 0.15) is 0 Å². The van der Waals surface area contributed by atoms with Crippen LogP contribution in [0, 0.1) is 0 Å². The summed E-state index contributed by atoms with van der Waals surface area (Å²) < 4.78 is 32.7. The van der Waals surface area contributed by atoms with E-state index in [9.17, 15) is 13.2 Å². The fraction of sp³-hybridized carbons (Fsp3) is 0.474. The van der Waals surface area contributed by atoms with Crippen molar-refractivity contribution in [2.75, 3.05) is 13.7 Å². The molecule has 1 fully saturated rings. The lowest BCUT2D eigenvalue weighted by Crippen LogP contribution is -2.24. The summed E-state index contributed by atoms with van der Waals surface area (Å²) >= 11 is 1.54. The van der Waals surface area contributed by atoms with Gasteiger partial charge >= 0.3 is 5.97 Å². The number of carbonyl (C=O) groups excluding carboxylic acids is 1. The molecule has 0 aliphatic heterocycles. The van der Waals surface area contributed by atoms with Gasteiger partial charge in [-0.25, -0.2) is 22.9 Å². The summed E-state index contributed by atoms with van der Waals surface area (Å²) in [5, 5.41) is 1.06. The third-order valence-corrected chi connectivity index (χ3v) is 7.55. The van der Waals surface area contributed by atoms with E-state index in [-0.39, 0.29) is 17.0 Å². The highest BCUT2D eigenvalue weighted by Crippen LogP contribution is 2.39. The van der Waals surface area contributed by atoms with E-state index in [1.54, 1.807) is 36.6 Å². The van der Waals surface area contributed by atoms with Crippen molar-refractivity contribution >= 4 is 27.3 Å². The van der Waals surface area contributed by atoms with E-state index < -0.39 is 16.0 Å². The summed E-state index contributed by atoms with van der Waals surface area (Å²) in [5.74, 6) is -0.109. The molecule has 1 aliphatic carbocycles. The third kappa shape index (κ3) is 4.39. The molecular formula is C19H24N2O4S2. The molecule has 0 spiro atoms. The number of nitrogens with one attached hydrogen (secondary N) is 1. The molecule has 146 valence electrons. The Bertz CT molecular complexity index is 916. The average Bonchev–Trinajstić information content (AvgIpc) is 3.17. The highest BCUT2D eigenvalue weighted by molar-refractivity contribution is 7.89. The number of carbonyl (C=O) groups is 1. The number of sulfonamides is 1. The van der Waals surface area contributed by atoms with Crippen LogP contribution in [0.4, 0.5) is 0 Å². The summed E-state index contributed by atoms with van der Waals surface area (Å²) in [5.41, 5.74) is 0.762. The highest BCUT2D eigenvalue weighted by atomic mass is 32.2. The summed E-state index contributed by atoms with van der Waals surface area (Å²) in [6, 6.07) is 4.62. The largest absolute Gasteiger partial charge is 0.465 e. The lowest BCUT2D eigenvalue weighted by atomic mass is 9.90. The molecule has 0 bridgehead atoms.